The summed E-state index contributed by atoms with van der Waals surface area (Å²) in [5, 5.41) is 2.82. The molecule has 2 aromatic rings. The van der Waals surface area contributed by atoms with Crippen LogP contribution in [0.1, 0.15) is 18.9 Å². The number of rotatable bonds is 7. The fourth-order valence-electron chi connectivity index (χ4n) is 3.25. The zero-order valence-corrected chi connectivity index (χ0v) is 17.6. The lowest BCUT2D eigenvalue weighted by Gasteiger charge is -2.31. The fraction of sp³-hybridized carbons (Fsp3) is 0.381. The number of nitrogens with one attached hydrogen (secondary N) is 1. The highest BCUT2D eigenvalue weighted by Crippen LogP contribution is 2.30. The molecule has 0 aromatic heterocycles. The fourth-order valence-corrected chi connectivity index (χ4v) is 4.46. The number of carbonyl (C=O) groups excluding carboxylic acids is 1. The Hall–Kier alpha value is -2.74. The summed E-state index contributed by atoms with van der Waals surface area (Å²) in [4.78, 5) is 12.9. The molecule has 0 saturated carbocycles. The number of benzene rings is 2. The predicted octanol–water partition coefficient (Wildman–Crippen LogP) is 2.50. The van der Waals surface area contributed by atoms with Gasteiger partial charge in [0.2, 0.25) is 15.9 Å². The van der Waals surface area contributed by atoms with E-state index >= 15 is 0 Å². The van der Waals surface area contributed by atoms with Gasteiger partial charge in [-0.05, 0) is 37.6 Å². The molecule has 1 N–H and O–H groups in total. The summed E-state index contributed by atoms with van der Waals surface area (Å²) < 4.78 is 37.6. The lowest BCUT2D eigenvalue weighted by molar-refractivity contribution is -0.122. The molecule has 8 heteroatoms. The van der Waals surface area contributed by atoms with Crippen molar-refractivity contribution >= 4 is 21.6 Å². The molecule has 1 aliphatic heterocycles. The van der Waals surface area contributed by atoms with Gasteiger partial charge in [0.05, 0.1) is 18.5 Å². The second kappa shape index (κ2) is 8.73. The Morgan fingerprint density at radius 3 is 2.45 bits per heavy atom. The zero-order chi connectivity index (χ0) is 21.0. The first-order valence-corrected chi connectivity index (χ1v) is 11.4. The largest absolute Gasteiger partial charge is 0.486 e. The number of hydrogen-bond donors (Lipinski definition) is 1. The Labute approximate surface area is 171 Å². The Balaban J connectivity index is 1.71. The van der Waals surface area contributed by atoms with Gasteiger partial charge in [0.15, 0.2) is 11.5 Å². The van der Waals surface area contributed by atoms with Crippen LogP contribution in [0.3, 0.4) is 0 Å². The average molecular weight is 419 g/mol. The summed E-state index contributed by atoms with van der Waals surface area (Å²) in [6.07, 6.45) is 1.09. The minimum Gasteiger partial charge on any atom is -0.486 e. The first kappa shape index (κ1) is 21.0. The lowest BCUT2D eigenvalue weighted by Crippen LogP contribution is -2.51. The maximum Gasteiger partial charge on any atom is 0.244 e. The monoisotopic (exact) mass is 418 g/mol. The average Bonchev–Trinajstić information content (AvgIpc) is 2.70. The first-order valence-electron chi connectivity index (χ1n) is 9.52. The van der Waals surface area contributed by atoms with E-state index in [9.17, 15) is 13.2 Å². The Morgan fingerprint density at radius 1 is 1.17 bits per heavy atom. The summed E-state index contributed by atoms with van der Waals surface area (Å²) in [7, 11) is -3.65. The van der Waals surface area contributed by atoms with Crippen LogP contribution in [0.15, 0.2) is 48.5 Å². The molecule has 0 saturated heterocycles. The van der Waals surface area contributed by atoms with Crippen LogP contribution < -0.4 is 19.1 Å². The van der Waals surface area contributed by atoms with Crippen molar-refractivity contribution in [2.75, 3.05) is 23.7 Å². The van der Waals surface area contributed by atoms with Crippen molar-refractivity contribution in [3.63, 3.8) is 0 Å². The molecule has 7 nitrogen and oxygen atoms in total. The van der Waals surface area contributed by atoms with Gasteiger partial charge < -0.3 is 14.8 Å². The number of nitrogens with zero attached hydrogens (tertiary/aromatic N) is 1. The van der Waals surface area contributed by atoms with E-state index in [1.54, 1.807) is 25.1 Å². The van der Waals surface area contributed by atoms with Crippen molar-refractivity contribution in [2.24, 2.45) is 0 Å². The normalized spacial score (nSPS) is 16.7. The molecule has 29 heavy (non-hydrogen) atoms. The Kier molecular flexibility index (Phi) is 6.32. The molecule has 2 aromatic carbocycles. The molecule has 3 rings (SSSR count). The lowest BCUT2D eigenvalue weighted by atomic mass is 10.1. The molecule has 1 aliphatic rings. The molecule has 0 aliphatic carbocycles. The number of ether oxygens (including phenoxy) is 2. The van der Waals surface area contributed by atoms with Gasteiger partial charge in [-0.2, -0.15) is 0 Å². The van der Waals surface area contributed by atoms with E-state index in [-0.39, 0.29) is 18.6 Å². The van der Waals surface area contributed by atoms with E-state index in [1.807, 2.05) is 37.3 Å². The highest BCUT2D eigenvalue weighted by Gasteiger charge is 2.32. The predicted molar refractivity (Wildman–Crippen MR) is 112 cm³/mol. The van der Waals surface area contributed by atoms with E-state index < -0.39 is 16.1 Å². The summed E-state index contributed by atoms with van der Waals surface area (Å²) in [6, 6.07) is 13.5. The van der Waals surface area contributed by atoms with Crippen LogP contribution in [0, 0.1) is 6.92 Å². The topological polar surface area (TPSA) is 84.9 Å². The number of para-hydroxylation sites is 2. The van der Waals surface area contributed by atoms with Gasteiger partial charge >= 0.3 is 0 Å². The number of hydrogen-bond acceptors (Lipinski definition) is 5. The van der Waals surface area contributed by atoms with Crippen LogP contribution >= 0.6 is 0 Å². The zero-order valence-electron chi connectivity index (χ0n) is 16.8. The second-order valence-electron chi connectivity index (χ2n) is 7.06. The number of carbonyl (C=O) groups is 1. The van der Waals surface area contributed by atoms with Crippen molar-refractivity contribution < 1.29 is 22.7 Å². The SMILES string of the molecule is CCC(C(=O)NCC1COc2ccccc2O1)N(c1ccc(C)cc1)S(C)(=O)=O. The molecule has 0 fully saturated rings. The number of amides is 1. The highest BCUT2D eigenvalue weighted by atomic mass is 32.2. The smallest absolute Gasteiger partial charge is 0.244 e. The van der Waals surface area contributed by atoms with Gasteiger partial charge in [0.1, 0.15) is 18.8 Å². The molecular formula is C21H26N2O5S. The second-order valence-corrected chi connectivity index (χ2v) is 8.92. The van der Waals surface area contributed by atoms with Crippen LogP contribution in [-0.2, 0) is 14.8 Å². The number of aryl methyl sites for hydroxylation is 1. The number of fused-ring (bicyclic) bond motifs is 1. The van der Waals surface area contributed by atoms with Crippen molar-refractivity contribution in [3.05, 3.63) is 54.1 Å². The molecule has 1 heterocycles. The minimum atomic E-state index is -3.65. The van der Waals surface area contributed by atoms with Crippen LogP contribution in [0.25, 0.3) is 0 Å². The molecule has 0 bridgehead atoms. The summed E-state index contributed by atoms with van der Waals surface area (Å²) in [6.45, 7) is 4.23. The van der Waals surface area contributed by atoms with Gasteiger partial charge in [-0.1, -0.05) is 36.8 Å². The maximum atomic E-state index is 12.9. The van der Waals surface area contributed by atoms with Crippen LogP contribution in [-0.4, -0.2) is 45.9 Å². The van der Waals surface area contributed by atoms with E-state index in [2.05, 4.69) is 5.32 Å². The Bertz CT molecular complexity index is 959. The third-order valence-electron chi connectivity index (χ3n) is 4.69. The molecule has 1 amide bonds. The van der Waals surface area contributed by atoms with Gasteiger partial charge in [-0.3, -0.25) is 9.10 Å². The van der Waals surface area contributed by atoms with Crippen molar-refractivity contribution in [1.29, 1.82) is 0 Å². The van der Waals surface area contributed by atoms with E-state index in [1.165, 1.54) is 4.31 Å². The molecule has 0 spiro atoms. The van der Waals surface area contributed by atoms with Crippen LogP contribution in [0.2, 0.25) is 0 Å². The number of anilines is 1. The summed E-state index contributed by atoms with van der Waals surface area (Å²) in [5.41, 5.74) is 1.47. The standard InChI is InChI=1S/C21H26N2O5S/c1-4-18(23(29(3,25)26)16-11-9-15(2)10-12-16)21(24)22-13-17-14-27-19-7-5-6-8-20(19)28-17/h5-12,17-18H,4,13-14H2,1-3H3,(H,22,24). The molecule has 156 valence electrons. The van der Waals surface area contributed by atoms with E-state index in [0.717, 1.165) is 11.8 Å². The quantitative estimate of drug-likeness (QED) is 0.747. The molecule has 2 atom stereocenters. The minimum absolute atomic E-state index is 0.217. The highest BCUT2D eigenvalue weighted by molar-refractivity contribution is 7.92. The van der Waals surface area contributed by atoms with E-state index in [0.29, 0.717) is 30.2 Å². The number of sulfonamides is 1. The van der Waals surface area contributed by atoms with Crippen molar-refractivity contribution in [1.82, 2.24) is 5.32 Å². The Morgan fingerprint density at radius 2 is 1.83 bits per heavy atom. The van der Waals surface area contributed by atoms with Crippen molar-refractivity contribution in [2.45, 2.75) is 32.4 Å². The molecular weight excluding hydrogens is 392 g/mol. The van der Waals surface area contributed by atoms with Crippen LogP contribution in [0.5, 0.6) is 11.5 Å². The summed E-state index contributed by atoms with van der Waals surface area (Å²) in [5.74, 6) is 0.924. The third kappa shape index (κ3) is 5.00. The molecule has 0 radical (unpaired) electrons. The first-order chi connectivity index (χ1) is 13.8. The van der Waals surface area contributed by atoms with Gasteiger partial charge in [-0.25, -0.2) is 8.42 Å². The van der Waals surface area contributed by atoms with Crippen LogP contribution in [0.4, 0.5) is 5.69 Å². The van der Waals surface area contributed by atoms with E-state index in [4.69, 9.17) is 9.47 Å². The van der Waals surface area contributed by atoms with Gasteiger partial charge in [0.25, 0.3) is 0 Å². The maximum absolute atomic E-state index is 12.9. The third-order valence-corrected chi connectivity index (χ3v) is 5.87. The van der Waals surface area contributed by atoms with Gasteiger partial charge in [0, 0.05) is 0 Å². The summed E-state index contributed by atoms with van der Waals surface area (Å²) >= 11 is 0. The van der Waals surface area contributed by atoms with Gasteiger partial charge in [-0.15, -0.1) is 0 Å². The molecule has 2 unspecified atom stereocenters. The van der Waals surface area contributed by atoms with Crippen molar-refractivity contribution in [3.8, 4) is 11.5 Å².